The van der Waals surface area contributed by atoms with Crippen LogP contribution >= 0.6 is 0 Å². The van der Waals surface area contributed by atoms with Crippen LogP contribution in [0, 0.1) is 17.2 Å². The van der Waals surface area contributed by atoms with Gasteiger partial charge in [0.1, 0.15) is 6.61 Å². The number of nitriles is 1. The van der Waals surface area contributed by atoms with E-state index in [0.29, 0.717) is 16.0 Å². The van der Waals surface area contributed by atoms with Crippen molar-refractivity contribution in [1.82, 2.24) is 4.90 Å². The van der Waals surface area contributed by atoms with Crippen LogP contribution < -0.4 is 0 Å². The minimum absolute atomic E-state index is 0.122. The van der Waals surface area contributed by atoms with Crippen molar-refractivity contribution in [2.75, 3.05) is 6.61 Å². The number of amides is 2. The minimum Gasteiger partial charge on any atom is -0.454 e. The fraction of sp³-hybridized carbons (Fsp3) is 0.269. The molecule has 0 radical (unpaired) electrons. The molecule has 2 aromatic rings. The zero-order valence-corrected chi connectivity index (χ0v) is 19.0. The van der Waals surface area contributed by atoms with Gasteiger partial charge in [0.15, 0.2) is 5.78 Å². The highest BCUT2D eigenvalue weighted by atomic mass is 16.5. The topological polar surface area (TPSA) is 145 Å². The maximum atomic E-state index is 13.2. The predicted octanol–water partition coefficient (Wildman–Crippen LogP) is 1.75. The molecule has 3 atom stereocenters. The van der Waals surface area contributed by atoms with Crippen LogP contribution in [-0.4, -0.2) is 57.4 Å². The number of carbonyl (C=O) groups excluding carboxylic acids is 4. The number of benzene rings is 2. The van der Waals surface area contributed by atoms with E-state index >= 15 is 0 Å². The second-order valence-electron chi connectivity index (χ2n) is 8.13. The smallest absolute Gasteiger partial charge is 0.397 e. The van der Waals surface area contributed by atoms with E-state index in [2.05, 4.69) is 6.58 Å². The molecular weight excluding hydrogens is 452 g/mol. The van der Waals surface area contributed by atoms with Crippen LogP contribution in [0.1, 0.15) is 34.8 Å². The number of likely N-dealkylation sites (tertiary alicyclic amines) is 1. The van der Waals surface area contributed by atoms with Crippen LogP contribution in [0.3, 0.4) is 0 Å². The number of imide groups is 1. The molecule has 1 fully saturated rings. The average Bonchev–Trinajstić information content (AvgIpc) is 2.86. The molecule has 0 spiro atoms. The number of nitrogens with zero attached hydrogens (tertiary/aromatic N) is 2. The summed E-state index contributed by atoms with van der Waals surface area (Å²) in [5.74, 6) is -4.77. The third kappa shape index (κ3) is 5.35. The van der Waals surface area contributed by atoms with Crippen molar-refractivity contribution in [3.05, 3.63) is 71.8 Å². The zero-order chi connectivity index (χ0) is 25.7. The first-order valence-electron chi connectivity index (χ1n) is 10.8. The summed E-state index contributed by atoms with van der Waals surface area (Å²) in [5.41, 5.74) is 2.42. The van der Waals surface area contributed by atoms with Crippen molar-refractivity contribution < 1.29 is 34.1 Å². The molecule has 9 heteroatoms. The van der Waals surface area contributed by atoms with Gasteiger partial charge in [0.05, 0.1) is 36.3 Å². The number of esters is 1. The number of hydrogen-bond donors (Lipinski definition) is 2. The van der Waals surface area contributed by atoms with Gasteiger partial charge >= 0.3 is 11.9 Å². The van der Waals surface area contributed by atoms with E-state index < -0.39 is 41.6 Å². The maximum Gasteiger partial charge on any atom is 0.397 e. The maximum absolute atomic E-state index is 13.2. The van der Waals surface area contributed by atoms with E-state index in [4.69, 9.17) is 4.74 Å². The second-order valence-corrected chi connectivity index (χ2v) is 8.13. The van der Waals surface area contributed by atoms with Gasteiger partial charge in [-0.2, -0.15) is 5.26 Å². The summed E-state index contributed by atoms with van der Waals surface area (Å²) in [6.45, 7) is 4.40. The molecule has 1 aliphatic heterocycles. The Balaban J connectivity index is 1.88. The Bertz CT molecular complexity index is 1210. The summed E-state index contributed by atoms with van der Waals surface area (Å²) in [7, 11) is 0. The second kappa shape index (κ2) is 10.9. The lowest BCUT2D eigenvalue weighted by Gasteiger charge is -2.46. The number of aliphatic hydroxyl groups is 2. The molecule has 2 aromatic carbocycles. The third-order valence-corrected chi connectivity index (χ3v) is 5.76. The van der Waals surface area contributed by atoms with Gasteiger partial charge in [0.25, 0.3) is 0 Å². The summed E-state index contributed by atoms with van der Waals surface area (Å²) < 4.78 is 4.70. The lowest BCUT2D eigenvalue weighted by atomic mass is 9.79. The molecule has 0 aliphatic carbocycles. The lowest BCUT2D eigenvalue weighted by molar-refractivity contribution is -0.179. The molecule has 3 rings (SSSR count). The van der Waals surface area contributed by atoms with E-state index in [9.17, 15) is 34.7 Å². The zero-order valence-electron chi connectivity index (χ0n) is 19.0. The summed E-state index contributed by atoms with van der Waals surface area (Å²) in [4.78, 5) is 50.8. The van der Waals surface area contributed by atoms with Crippen molar-refractivity contribution in [3.8, 4) is 17.2 Å². The van der Waals surface area contributed by atoms with Crippen molar-refractivity contribution in [2.24, 2.45) is 5.92 Å². The first-order valence-corrected chi connectivity index (χ1v) is 10.8. The molecule has 1 saturated heterocycles. The number of rotatable bonds is 8. The largest absolute Gasteiger partial charge is 0.454 e. The van der Waals surface area contributed by atoms with Gasteiger partial charge in [-0.25, -0.2) is 4.79 Å². The highest BCUT2D eigenvalue weighted by Gasteiger charge is 2.54. The number of hydrogen-bond acceptors (Lipinski definition) is 8. The molecule has 1 heterocycles. The Hall–Kier alpha value is -4.13. The SMILES string of the molecule is C=CCOC(=O)C(=O)N1C(=O)[C@H]([C@@H](C)O)[C@H]1CC(=O)c1cc(C#N)cc(-c2ccc(CO)cc2)c1. The number of aliphatic hydroxyl groups excluding tert-OH is 2. The van der Waals surface area contributed by atoms with E-state index in [1.165, 1.54) is 19.1 Å². The van der Waals surface area contributed by atoms with Crippen LogP contribution in [0.25, 0.3) is 11.1 Å². The highest BCUT2D eigenvalue weighted by molar-refractivity contribution is 6.36. The number of carbonyl (C=O) groups is 4. The number of ketones is 1. The average molecular weight is 476 g/mol. The predicted molar refractivity (Wildman–Crippen MR) is 123 cm³/mol. The lowest BCUT2D eigenvalue weighted by Crippen LogP contribution is -2.67. The van der Waals surface area contributed by atoms with Gasteiger partial charge in [-0.15, -0.1) is 0 Å². The molecule has 0 bridgehead atoms. The normalized spacial score (nSPS) is 17.7. The van der Waals surface area contributed by atoms with E-state index in [-0.39, 0.29) is 30.8 Å². The number of β-lactam (4-membered cyclic amide) rings is 1. The third-order valence-electron chi connectivity index (χ3n) is 5.76. The molecule has 0 aromatic heterocycles. The van der Waals surface area contributed by atoms with Crippen LogP contribution in [0.4, 0.5) is 0 Å². The van der Waals surface area contributed by atoms with Gasteiger partial charge in [0.2, 0.25) is 5.91 Å². The Kier molecular flexibility index (Phi) is 7.91. The molecule has 2 amide bonds. The molecule has 180 valence electrons. The molecular formula is C26H24N2O7. The molecule has 0 saturated carbocycles. The monoisotopic (exact) mass is 476 g/mol. The standard InChI is InChI=1S/C26H24N2O7/c1-3-8-35-26(34)25(33)28-21(23(15(2)30)24(28)32)12-22(31)20-10-17(13-27)9-19(11-20)18-6-4-16(14-29)5-7-18/h3-7,9-11,15,21,23,29-30H,1,8,12,14H2,2H3/t15-,21-,23-/m1/s1. The van der Waals surface area contributed by atoms with Gasteiger partial charge in [-0.1, -0.05) is 36.9 Å². The first kappa shape index (κ1) is 25.5. The van der Waals surface area contributed by atoms with Gasteiger partial charge in [0, 0.05) is 12.0 Å². The number of ether oxygens (including phenoxy) is 1. The van der Waals surface area contributed by atoms with E-state index in [1.54, 1.807) is 36.4 Å². The molecule has 2 N–H and O–H groups in total. The molecule has 0 unspecified atom stereocenters. The van der Waals surface area contributed by atoms with Crippen LogP contribution in [-0.2, 0) is 25.7 Å². The summed E-state index contributed by atoms with van der Waals surface area (Å²) in [6, 6.07) is 12.5. The summed E-state index contributed by atoms with van der Waals surface area (Å²) in [6.07, 6.45) is -0.237. The van der Waals surface area contributed by atoms with Gasteiger partial charge in [-0.05, 0) is 41.8 Å². The van der Waals surface area contributed by atoms with Crippen molar-refractivity contribution >= 4 is 23.6 Å². The highest BCUT2D eigenvalue weighted by Crippen LogP contribution is 2.34. The molecule has 35 heavy (non-hydrogen) atoms. The van der Waals surface area contributed by atoms with Crippen LogP contribution in [0.15, 0.2) is 55.1 Å². The number of Topliss-reactive ketones (excluding diaryl/α,β-unsaturated/α-hetero) is 1. The molecule has 9 nitrogen and oxygen atoms in total. The Morgan fingerprint density at radius 2 is 1.89 bits per heavy atom. The van der Waals surface area contributed by atoms with E-state index in [1.807, 2.05) is 6.07 Å². The summed E-state index contributed by atoms with van der Waals surface area (Å²) >= 11 is 0. The van der Waals surface area contributed by atoms with Crippen LogP contribution in [0.5, 0.6) is 0 Å². The Labute approximate surface area is 201 Å². The minimum atomic E-state index is -1.26. The van der Waals surface area contributed by atoms with Crippen LogP contribution in [0.2, 0.25) is 0 Å². The van der Waals surface area contributed by atoms with Gasteiger partial charge in [-0.3, -0.25) is 19.3 Å². The Morgan fingerprint density at radius 1 is 1.20 bits per heavy atom. The van der Waals surface area contributed by atoms with Gasteiger partial charge < -0.3 is 14.9 Å². The van der Waals surface area contributed by atoms with Crippen molar-refractivity contribution in [1.29, 1.82) is 5.26 Å². The molecule has 1 aliphatic rings. The van der Waals surface area contributed by atoms with Crippen molar-refractivity contribution in [3.63, 3.8) is 0 Å². The fourth-order valence-electron chi connectivity index (χ4n) is 3.99. The van der Waals surface area contributed by atoms with E-state index in [0.717, 1.165) is 5.56 Å². The quantitative estimate of drug-likeness (QED) is 0.193. The fourth-order valence-corrected chi connectivity index (χ4v) is 3.99. The summed E-state index contributed by atoms with van der Waals surface area (Å²) in [5, 5.41) is 28.7. The first-order chi connectivity index (χ1) is 16.7. The van der Waals surface area contributed by atoms with Crippen molar-refractivity contribution in [2.45, 2.75) is 32.1 Å². The Morgan fingerprint density at radius 3 is 2.46 bits per heavy atom.